The molecule has 3 rings (SSSR count). The van der Waals surface area contributed by atoms with Gasteiger partial charge in [0, 0.05) is 37.3 Å². The maximum atomic E-state index is 10.0. The Morgan fingerprint density at radius 2 is 2.21 bits per heavy atom. The fourth-order valence-electron chi connectivity index (χ4n) is 3.14. The Kier molecular flexibility index (Phi) is 4.09. The summed E-state index contributed by atoms with van der Waals surface area (Å²) in [5.74, 6) is 0. The minimum absolute atomic E-state index is 0. The normalized spacial score (nSPS) is 24.7. The molecule has 1 fully saturated rings. The summed E-state index contributed by atoms with van der Waals surface area (Å²) < 4.78 is 0. The third kappa shape index (κ3) is 2.73. The zero-order chi connectivity index (χ0) is 12.8. The van der Waals surface area contributed by atoms with Crippen LogP contribution in [-0.2, 0) is 13.0 Å². The molecule has 1 atom stereocenters. The Morgan fingerprint density at radius 1 is 1.42 bits per heavy atom. The highest BCUT2D eigenvalue weighted by atomic mass is 35.5. The highest BCUT2D eigenvalue weighted by Crippen LogP contribution is 2.33. The molecule has 0 aromatic heterocycles. The summed E-state index contributed by atoms with van der Waals surface area (Å²) in [6, 6.07) is 6.56. The quantitative estimate of drug-likeness (QED) is 0.874. The molecule has 0 spiro atoms. The van der Waals surface area contributed by atoms with Gasteiger partial charge in [0.1, 0.15) is 0 Å². The van der Waals surface area contributed by atoms with E-state index in [1.807, 2.05) is 0 Å². The number of hydrogen-bond donors (Lipinski definition) is 2. The van der Waals surface area contributed by atoms with Crippen LogP contribution in [0.15, 0.2) is 18.2 Å². The molecule has 4 heteroatoms. The Bertz CT molecular complexity index is 461. The van der Waals surface area contributed by atoms with Gasteiger partial charge in [0.25, 0.3) is 0 Å². The summed E-state index contributed by atoms with van der Waals surface area (Å²) in [6.45, 7) is 8.04. The zero-order valence-electron chi connectivity index (χ0n) is 11.6. The molecule has 0 bridgehead atoms. The van der Waals surface area contributed by atoms with Crippen molar-refractivity contribution in [2.75, 3.05) is 25.0 Å². The molecule has 0 amide bonds. The summed E-state index contributed by atoms with van der Waals surface area (Å²) in [4.78, 5) is 2.36. The minimum Gasteiger partial charge on any atom is -0.391 e. The summed E-state index contributed by atoms with van der Waals surface area (Å²) >= 11 is 0. The van der Waals surface area contributed by atoms with E-state index in [0.717, 1.165) is 32.6 Å². The lowest BCUT2D eigenvalue weighted by molar-refractivity contribution is 0.0955. The van der Waals surface area contributed by atoms with Crippen LogP contribution >= 0.6 is 12.4 Å². The van der Waals surface area contributed by atoms with E-state index in [-0.39, 0.29) is 23.9 Å². The predicted molar refractivity (Wildman–Crippen MR) is 80.9 cm³/mol. The molecule has 1 aromatic carbocycles. The van der Waals surface area contributed by atoms with E-state index < -0.39 is 0 Å². The molecule has 1 saturated heterocycles. The number of fused-ring (bicyclic) bond motifs is 1. The highest BCUT2D eigenvalue weighted by Gasteiger charge is 2.38. The first-order valence-corrected chi connectivity index (χ1v) is 6.81. The number of hydrogen-bond acceptors (Lipinski definition) is 3. The van der Waals surface area contributed by atoms with Crippen LogP contribution in [0.1, 0.15) is 25.0 Å². The molecule has 1 unspecified atom stereocenters. The van der Waals surface area contributed by atoms with E-state index in [9.17, 15) is 5.11 Å². The highest BCUT2D eigenvalue weighted by molar-refractivity contribution is 5.85. The van der Waals surface area contributed by atoms with Crippen molar-refractivity contribution in [3.63, 3.8) is 0 Å². The van der Waals surface area contributed by atoms with Crippen molar-refractivity contribution in [3.8, 4) is 0 Å². The average molecular weight is 283 g/mol. The number of para-hydroxylation sites is 1. The van der Waals surface area contributed by atoms with Crippen LogP contribution in [0.3, 0.4) is 0 Å². The van der Waals surface area contributed by atoms with Gasteiger partial charge >= 0.3 is 0 Å². The molecular weight excluding hydrogens is 260 g/mol. The summed E-state index contributed by atoms with van der Waals surface area (Å²) in [5, 5.41) is 13.5. The van der Waals surface area contributed by atoms with Gasteiger partial charge in [-0.2, -0.15) is 0 Å². The lowest BCUT2D eigenvalue weighted by atomic mass is 9.90. The van der Waals surface area contributed by atoms with Crippen LogP contribution in [0.4, 0.5) is 5.69 Å². The Morgan fingerprint density at radius 3 is 2.89 bits per heavy atom. The monoisotopic (exact) mass is 282 g/mol. The lowest BCUT2D eigenvalue weighted by Gasteiger charge is -2.21. The number of benzene rings is 1. The fourth-order valence-corrected chi connectivity index (χ4v) is 3.14. The summed E-state index contributed by atoms with van der Waals surface area (Å²) in [7, 11) is 0. The number of β-amino-alcohol motifs (C(OH)–C–C–N with tert-alkyl or cyclic N) is 1. The van der Waals surface area contributed by atoms with Gasteiger partial charge in [-0.15, -0.1) is 12.4 Å². The van der Waals surface area contributed by atoms with Gasteiger partial charge in [0.15, 0.2) is 0 Å². The van der Waals surface area contributed by atoms with Gasteiger partial charge < -0.3 is 10.4 Å². The molecule has 19 heavy (non-hydrogen) atoms. The topological polar surface area (TPSA) is 35.5 Å². The van der Waals surface area contributed by atoms with E-state index in [4.69, 9.17) is 0 Å². The summed E-state index contributed by atoms with van der Waals surface area (Å²) in [5.41, 5.74) is 4.16. The number of rotatable bonds is 2. The second-order valence-corrected chi connectivity index (χ2v) is 6.30. The van der Waals surface area contributed by atoms with Crippen molar-refractivity contribution in [1.29, 1.82) is 0 Å². The molecule has 2 aliphatic heterocycles. The molecule has 0 radical (unpaired) electrons. The number of aliphatic hydroxyl groups excluding tert-OH is 1. The minimum atomic E-state index is -0.206. The number of anilines is 1. The van der Waals surface area contributed by atoms with Gasteiger partial charge in [-0.05, 0) is 17.5 Å². The largest absolute Gasteiger partial charge is 0.391 e. The summed E-state index contributed by atoms with van der Waals surface area (Å²) in [6.07, 6.45) is 0.930. The lowest BCUT2D eigenvalue weighted by Crippen LogP contribution is -2.26. The maximum Gasteiger partial charge on any atom is 0.0730 e. The first kappa shape index (κ1) is 14.6. The van der Waals surface area contributed by atoms with Crippen LogP contribution in [0, 0.1) is 5.41 Å². The molecular formula is C15H23ClN2O. The van der Waals surface area contributed by atoms with E-state index in [1.165, 1.54) is 16.8 Å². The average Bonchev–Trinajstić information content (AvgIpc) is 2.85. The van der Waals surface area contributed by atoms with Crippen molar-refractivity contribution in [1.82, 2.24) is 4.90 Å². The van der Waals surface area contributed by atoms with Crippen LogP contribution in [0.2, 0.25) is 0 Å². The molecule has 1 aromatic rings. The third-order valence-corrected chi connectivity index (χ3v) is 4.29. The fraction of sp³-hybridized carbons (Fsp3) is 0.600. The Balaban J connectivity index is 0.00000133. The van der Waals surface area contributed by atoms with Crippen molar-refractivity contribution >= 4 is 18.1 Å². The van der Waals surface area contributed by atoms with E-state index in [2.05, 4.69) is 42.3 Å². The molecule has 106 valence electrons. The molecule has 0 saturated carbocycles. The molecule has 2 aliphatic rings. The number of halogens is 1. The first-order chi connectivity index (χ1) is 8.56. The molecule has 0 aliphatic carbocycles. The van der Waals surface area contributed by atoms with Crippen LogP contribution in [0.25, 0.3) is 0 Å². The SMILES string of the molecule is CC1(C)CN(Cc2cccc3c2NCC3)CC1O.Cl. The second kappa shape index (κ2) is 5.31. The number of aliphatic hydroxyl groups is 1. The number of likely N-dealkylation sites (tertiary alicyclic amines) is 1. The molecule has 2 heterocycles. The van der Waals surface area contributed by atoms with Gasteiger partial charge in [0.2, 0.25) is 0 Å². The second-order valence-electron chi connectivity index (χ2n) is 6.30. The van der Waals surface area contributed by atoms with Crippen molar-refractivity contribution in [2.24, 2.45) is 5.41 Å². The van der Waals surface area contributed by atoms with Gasteiger partial charge in [-0.1, -0.05) is 32.0 Å². The molecule has 2 N–H and O–H groups in total. The van der Waals surface area contributed by atoms with E-state index in [0.29, 0.717) is 0 Å². The Hall–Kier alpha value is -0.770. The Labute approximate surface area is 121 Å². The third-order valence-electron chi connectivity index (χ3n) is 4.29. The maximum absolute atomic E-state index is 10.0. The van der Waals surface area contributed by atoms with Gasteiger partial charge in [-0.3, -0.25) is 4.90 Å². The predicted octanol–water partition coefficient (Wildman–Crippen LogP) is 2.28. The van der Waals surface area contributed by atoms with Crippen molar-refractivity contribution in [3.05, 3.63) is 29.3 Å². The van der Waals surface area contributed by atoms with E-state index in [1.54, 1.807) is 0 Å². The molecule has 3 nitrogen and oxygen atoms in total. The standard InChI is InChI=1S/C15H22N2O.ClH/c1-15(2)10-17(9-13(15)18)8-12-5-3-4-11-6-7-16-14(11)12;/h3-5,13,16,18H,6-10H2,1-2H3;1H. The smallest absolute Gasteiger partial charge is 0.0730 e. The number of nitrogens with one attached hydrogen (secondary N) is 1. The van der Waals surface area contributed by atoms with Gasteiger partial charge in [0.05, 0.1) is 6.10 Å². The van der Waals surface area contributed by atoms with Crippen molar-refractivity contribution in [2.45, 2.75) is 32.9 Å². The van der Waals surface area contributed by atoms with Crippen LogP contribution < -0.4 is 5.32 Å². The van der Waals surface area contributed by atoms with Crippen molar-refractivity contribution < 1.29 is 5.11 Å². The van der Waals surface area contributed by atoms with Crippen LogP contribution in [-0.4, -0.2) is 35.7 Å². The van der Waals surface area contributed by atoms with Crippen LogP contribution in [0.5, 0.6) is 0 Å². The zero-order valence-corrected chi connectivity index (χ0v) is 12.5. The van der Waals surface area contributed by atoms with Gasteiger partial charge in [-0.25, -0.2) is 0 Å². The van der Waals surface area contributed by atoms with E-state index >= 15 is 0 Å². The first-order valence-electron chi connectivity index (χ1n) is 6.81. The number of nitrogens with zero attached hydrogens (tertiary/aromatic N) is 1.